The number of carbonyl (C=O) groups is 3. The van der Waals surface area contributed by atoms with Crippen LogP contribution in [0.2, 0.25) is 0 Å². The Hall–Kier alpha value is -2.76. The van der Waals surface area contributed by atoms with Crippen molar-refractivity contribution < 1.29 is 22.8 Å². The van der Waals surface area contributed by atoms with E-state index in [0.29, 0.717) is 24.3 Å². The lowest BCUT2D eigenvalue weighted by molar-refractivity contribution is -0.127. The van der Waals surface area contributed by atoms with Gasteiger partial charge in [0, 0.05) is 32.7 Å². The molecule has 1 aliphatic rings. The molecule has 2 heterocycles. The molecule has 0 spiro atoms. The number of thiophene rings is 1. The van der Waals surface area contributed by atoms with E-state index in [1.54, 1.807) is 17.0 Å². The van der Waals surface area contributed by atoms with Crippen LogP contribution < -0.4 is 10.9 Å². The number of carbonyl (C=O) groups excluding carboxylic acids is 3. The summed E-state index contributed by atoms with van der Waals surface area (Å²) in [5.41, 5.74) is 4.82. The number of amides is 3. The zero-order valence-electron chi connectivity index (χ0n) is 17.2. The quantitative estimate of drug-likeness (QED) is 0.648. The topological polar surface area (TPSA) is 116 Å². The molecule has 1 aliphatic heterocycles. The molecule has 3 amide bonds. The van der Waals surface area contributed by atoms with E-state index in [0.717, 1.165) is 4.31 Å². The lowest BCUT2D eigenvalue weighted by Gasteiger charge is -2.31. The van der Waals surface area contributed by atoms with Crippen LogP contribution >= 0.6 is 11.3 Å². The zero-order chi connectivity index (χ0) is 22.6. The maximum Gasteiger partial charge on any atom is 0.269 e. The number of hydrogen-bond donors (Lipinski definition) is 2. The summed E-state index contributed by atoms with van der Waals surface area (Å²) in [4.78, 5) is 39.7. The monoisotopic (exact) mass is 464 g/mol. The Bertz CT molecular complexity index is 1070. The molecule has 1 aromatic carbocycles. The van der Waals surface area contributed by atoms with Gasteiger partial charge < -0.3 is 4.90 Å². The molecule has 0 saturated carbocycles. The Kier molecular flexibility index (Phi) is 7.08. The first-order valence-corrected chi connectivity index (χ1v) is 12.0. The van der Waals surface area contributed by atoms with Crippen molar-refractivity contribution in [1.29, 1.82) is 0 Å². The summed E-state index contributed by atoms with van der Waals surface area (Å²) in [7, 11) is -0.881. The highest BCUT2D eigenvalue weighted by atomic mass is 32.2. The number of hydrogen-bond acceptors (Lipinski definition) is 6. The van der Waals surface area contributed by atoms with Gasteiger partial charge in [-0.2, -0.15) is 0 Å². The first kappa shape index (κ1) is 22.9. The summed E-state index contributed by atoms with van der Waals surface area (Å²) >= 11 is 1.36. The summed E-state index contributed by atoms with van der Waals surface area (Å²) in [5.74, 6) is -1.57. The highest BCUT2D eigenvalue weighted by Crippen LogP contribution is 2.20. The minimum Gasteiger partial charge on any atom is -0.337 e. The first-order chi connectivity index (χ1) is 14.7. The van der Waals surface area contributed by atoms with E-state index >= 15 is 0 Å². The van der Waals surface area contributed by atoms with E-state index < -0.39 is 27.8 Å². The first-order valence-electron chi connectivity index (χ1n) is 9.65. The van der Waals surface area contributed by atoms with E-state index in [4.69, 9.17) is 0 Å². The fraction of sp³-hybridized carbons (Fsp3) is 0.350. The van der Waals surface area contributed by atoms with Crippen LogP contribution in [0.3, 0.4) is 0 Å². The molecule has 9 nitrogen and oxygen atoms in total. The number of rotatable bonds is 5. The van der Waals surface area contributed by atoms with Crippen molar-refractivity contribution in [2.24, 2.45) is 5.92 Å². The number of benzene rings is 1. The van der Waals surface area contributed by atoms with Gasteiger partial charge in [0.1, 0.15) is 0 Å². The standard InChI is InChI=1S/C20H24N4O5S2/c1-23(2)31(28,29)16-8-3-6-14(12-16)18(25)21-22-19(26)15-7-4-10-24(13-15)20(27)17-9-5-11-30-17/h3,5-6,8-9,11-12,15H,4,7,10,13H2,1-2H3,(H,21,25)(H,22,26)/t15-/m1/s1. The maximum absolute atomic E-state index is 12.5. The molecular weight excluding hydrogens is 440 g/mol. The number of sulfonamides is 1. The van der Waals surface area contributed by atoms with Gasteiger partial charge in [0.15, 0.2) is 0 Å². The molecule has 2 N–H and O–H groups in total. The summed E-state index contributed by atoms with van der Waals surface area (Å²) in [6, 6.07) is 9.12. The van der Waals surface area contributed by atoms with Gasteiger partial charge >= 0.3 is 0 Å². The van der Waals surface area contributed by atoms with Crippen LogP contribution in [-0.2, 0) is 14.8 Å². The van der Waals surface area contributed by atoms with Gasteiger partial charge in [-0.05, 0) is 42.5 Å². The fourth-order valence-corrected chi connectivity index (χ4v) is 4.87. The molecule has 1 atom stereocenters. The van der Waals surface area contributed by atoms with Crippen molar-refractivity contribution in [3.63, 3.8) is 0 Å². The molecule has 0 bridgehead atoms. The third-order valence-electron chi connectivity index (χ3n) is 4.99. The van der Waals surface area contributed by atoms with E-state index in [1.165, 1.54) is 49.7 Å². The molecule has 166 valence electrons. The summed E-state index contributed by atoms with van der Waals surface area (Å²) in [6.07, 6.45) is 1.29. The zero-order valence-corrected chi connectivity index (χ0v) is 18.8. The van der Waals surface area contributed by atoms with Crippen molar-refractivity contribution in [3.05, 3.63) is 52.2 Å². The molecule has 0 radical (unpaired) electrons. The number of nitrogens with one attached hydrogen (secondary N) is 2. The number of hydrazine groups is 1. The predicted octanol–water partition coefficient (Wildman–Crippen LogP) is 1.31. The van der Waals surface area contributed by atoms with E-state index in [2.05, 4.69) is 10.9 Å². The van der Waals surface area contributed by atoms with Gasteiger partial charge in [-0.15, -0.1) is 11.3 Å². The third-order valence-corrected chi connectivity index (χ3v) is 7.65. The van der Waals surface area contributed by atoms with E-state index in [9.17, 15) is 22.8 Å². The minimum absolute atomic E-state index is 0.0218. The minimum atomic E-state index is -3.68. The Morgan fingerprint density at radius 2 is 1.90 bits per heavy atom. The maximum atomic E-state index is 12.5. The Morgan fingerprint density at radius 3 is 2.58 bits per heavy atom. The van der Waals surface area contributed by atoms with Crippen LogP contribution in [0.15, 0.2) is 46.7 Å². The summed E-state index contributed by atoms with van der Waals surface area (Å²) in [6.45, 7) is 0.856. The van der Waals surface area contributed by atoms with E-state index in [1.807, 2.05) is 5.38 Å². The SMILES string of the molecule is CN(C)S(=O)(=O)c1cccc(C(=O)NNC(=O)[C@@H]2CCCN(C(=O)c3cccs3)C2)c1. The molecule has 2 aromatic rings. The van der Waals surface area contributed by atoms with Crippen LogP contribution in [0.4, 0.5) is 0 Å². The highest BCUT2D eigenvalue weighted by molar-refractivity contribution is 7.89. The normalized spacial score (nSPS) is 16.7. The van der Waals surface area contributed by atoms with Crippen molar-refractivity contribution in [3.8, 4) is 0 Å². The van der Waals surface area contributed by atoms with Crippen LogP contribution in [0.25, 0.3) is 0 Å². The van der Waals surface area contributed by atoms with Crippen LogP contribution in [0.5, 0.6) is 0 Å². The highest BCUT2D eigenvalue weighted by Gasteiger charge is 2.29. The van der Waals surface area contributed by atoms with Gasteiger partial charge in [0.25, 0.3) is 11.8 Å². The van der Waals surface area contributed by atoms with Gasteiger partial charge in [-0.25, -0.2) is 12.7 Å². The van der Waals surface area contributed by atoms with Crippen LogP contribution in [0, 0.1) is 5.92 Å². The number of piperidine rings is 1. The van der Waals surface area contributed by atoms with Gasteiger partial charge in [0.2, 0.25) is 15.9 Å². The van der Waals surface area contributed by atoms with Gasteiger partial charge in [-0.1, -0.05) is 12.1 Å². The second kappa shape index (κ2) is 9.58. The van der Waals surface area contributed by atoms with Crippen LogP contribution in [-0.4, -0.2) is 62.5 Å². The Morgan fingerprint density at radius 1 is 1.13 bits per heavy atom. The smallest absolute Gasteiger partial charge is 0.269 e. The lowest BCUT2D eigenvalue weighted by Crippen LogP contribution is -2.50. The molecule has 1 aromatic heterocycles. The second-order valence-corrected chi connectivity index (χ2v) is 10.4. The molecular formula is C20H24N4O5S2. The molecule has 31 heavy (non-hydrogen) atoms. The molecule has 11 heteroatoms. The van der Waals surface area contributed by atoms with Crippen molar-refractivity contribution >= 4 is 39.1 Å². The molecule has 1 saturated heterocycles. The molecule has 3 rings (SSSR count). The van der Waals surface area contributed by atoms with E-state index in [-0.39, 0.29) is 22.9 Å². The second-order valence-electron chi connectivity index (χ2n) is 7.33. The third kappa shape index (κ3) is 5.30. The predicted molar refractivity (Wildman–Crippen MR) is 116 cm³/mol. The number of nitrogens with zero attached hydrogens (tertiary/aromatic N) is 2. The average molecular weight is 465 g/mol. The lowest BCUT2D eigenvalue weighted by atomic mass is 9.97. The largest absolute Gasteiger partial charge is 0.337 e. The Balaban J connectivity index is 1.59. The summed E-state index contributed by atoms with van der Waals surface area (Å²) in [5, 5.41) is 1.83. The van der Waals surface area contributed by atoms with Gasteiger partial charge in [-0.3, -0.25) is 25.2 Å². The van der Waals surface area contributed by atoms with Gasteiger partial charge in [0.05, 0.1) is 15.7 Å². The van der Waals surface area contributed by atoms with Crippen LogP contribution in [0.1, 0.15) is 32.9 Å². The Labute approximate surface area is 185 Å². The fourth-order valence-electron chi connectivity index (χ4n) is 3.23. The average Bonchev–Trinajstić information content (AvgIpc) is 3.31. The van der Waals surface area contributed by atoms with Crippen molar-refractivity contribution in [2.75, 3.05) is 27.2 Å². The number of likely N-dealkylation sites (tertiary alicyclic amines) is 1. The molecule has 0 aliphatic carbocycles. The molecule has 1 fully saturated rings. The van der Waals surface area contributed by atoms with Crippen molar-refractivity contribution in [1.82, 2.24) is 20.1 Å². The van der Waals surface area contributed by atoms with Crippen molar-refractivity contribution in [2.45, 2.75) is 17.7 Å². The summed E-state index contributed by atoms with van der Waals surface area (Å²) < 4.78 is 25.5. The molecule has 0 unspecified atom stereocenters.